The Hall–Kier alpha value is -4.07. The molecule has 2 aromatic carbocycles. The lowest BCUT2D eigenvalue weighted by molar-refractivity contribution is -0.116. The molecule has 1 saturated carbocycles. The molecule has 0 saturated heterocycles. The molecule has 7 rings (SSSR count). The molecule has 0 unspecified atom stereocenters. The van der Waals surface area contributed by atoms with Crippen LogP contribution in [0, 0.1) is 0 Å². The first-order valence-corrected chi connectivity index (χ1v) is 12.5. The fourth-order valence-electron chi connectivity index (χ4n) is 5.81. The van der Waals surface area contributed by atoms with E-state index < -0.39 is 0 Å². The number of urea groups is 1. The van der Waals surface area contributed by atoms with E-state index in [2.05, 4.69) is 39.1 Å². The van der Waals surface area contributed by atoms with Gasteiger partial charge in [-0.15, -0.1) is 0 Å². The van der Waals surface area contributed by atoms with Crippen LogP contribution in [0.25, 0.3) is 0 Å². The van der Waals surface area contributed by atoms with Crippen molar-refractivity contribution in [1.82, 2.24) is 15.6 Å². The Morgan fingerprint density at radius 1 is 1.06 bits per heavy atom. The fraction of sp³-hybridized carbons (Fsp3) is 0.321. The average Bonchev–Trinajstić information content (AvgIpc) is 3.40. The number of fused-ring (bicyclic) bond motifs is 5. The number of ether oxygens (including phenoxy) is 2. The third kappa shape index (κ3) is 3.64. The second-order valence-corrected chi connectivity index (χ2v) is 9.88. The van der Waals surface area contributed by atoms with Crippen molar-refractivity contribution in [3.05, 3.63) is 77.0 Å². The van der Waals surface area contributed by atoms with Gasteiger partial charge in [-0.1, -0.05) is 24.3 Å². The number of pyridine rings is 1. The molecule has 3 aromatic rings. The van der Waals surface area contributed by atoms with Crippen LogP contribution in [0.3, 0.4) is 0 Å². The summed E-state index contributed by atoms with van der Waals surface area (Å²) in [5, 5.41) is 9.10. The summed E-state index contributed by atoms with van der Waals surface area (Å²) in [6.07, 6.45) is 5.68. The highest BCUT2D eigenvalue weighted by Gasteiger charge is 2.59. The number of carbonyl (C=O) groups is 2. The third-order valence-electron chi connectivity index (χ3n) is 7.63. The standard InChI is InChI=1S/C28H26N4O4/c33-23-11-9-18-22(12-13-29-27(18)31-23)35-16-8-10-21-19(14-16)24-25(26(24)36-21)32-28(34)30-20-7-3-5-15-4-1-2-6-17(15)20/h1-2,4,6,8,10,12-14,20,24-26H,3,5,7,9,11H2,(H,29,31,33)(H2,30,32,34)/t20-,24-,25+,26-/m0/s1. The summed E-state index contributed by atoms with van der Waals surface area (Å²) in [5.74, 6) is 2.85. The van der Waals surface area contributed by atoms with E-state index in [1.165, 1.54) is 11.1 Å². The second-order valence-electron chi connectivity index (χ2n) is 9.88. The summed E-state index contributed by atoms with van der Waals surface area (Å²) in [6, 6.07) is 15.8. The smallest absolute Gasteiger partial charge is 0.315 e. The minimum atomic E-state index is -0.154. The molecular formula is C28H26N4O4. The van der Waals surface area contributed by atoms with Gasteiger partial charge in [0.25, 0.3) is 0 Å². The van der Waals surface area contributed by atoms with Crippen molar-refractivity contribution in [3.8, 4) is 17.2 Å². The number of nitrogens with one attached hydrogen (secondary N) is 3. The number of hydrogen-bond donors (Lipinski definition) is 3. The highest BCUT2D eigenvalue weighted by Crippen LogP contribution is 2.54. The van der Waals surface area contributed by atoms with E-state index in [4.69, 9.17) is 9.47 Å². The first-order chi connectivity index (χ1) is 17.6. The zero-order chi connectivity index (χ0) is 24.2. The van der Waals surface area contributed by atoms with Crippen LogP contribution < -0.4 is 25.4 Å². The Morgan fingerprint density at radius 3 is 2.92 bits per heavy atom. The topological polar surface area (TPSA) is 102 Å². The van der Waals surface area contributed by atoms with Crippen molar-refractivity contribution in [2.24, 2.45) is 0 Å². The molecule has 3 N–H and O–H groups in total. The Morgan fingerprint density at radius 2 is 1.97 bits per heavy atom. The second kappa shape index (κ2) is 8.26. The highest BCUT2D eigenvalue weighted by atomic mass is 16.5. The van der Waals surface area contributed by atoms with Crippen molar-refractivity contribution >= 4 is 17.8 Å². The van der Waals surface area contributed by atoms with E-state index in [9.17, 15) is 9.59 Å². The van der Waals surface area contributed by atoms with Gasteiger partial charge in [-0.3, -0.25) is 4.79 Å². The summed E-state index contributed by atoms with van der Waals surface area (Å²) < 4.78 is 12.3. The maximum atomic E-state index is 12.8. The van der Waals surface area contributed by atoms with Crippen LogP contribution in [0.5, 0.6) is 17.2 Å². The van der Waals surface area contributed by atoms with E-state index in [1.54, 1.807) is 6.20 Å². The lowest BCUT2D eigenvalue weighted by Crippen LogP contribution is -2.41. The van der Waals surface area contributed by atoms with Gasteiger partial charge in [-0.2, -0.15) is 0 Å². The quantitative estimate of drug-likeness (QED) is 0.513. The zero-order valence-corrected chi connectivity index (χ0v) is 19.6. The minimum Gasteiger partial charge on any atom is -0.487 e. The highest BCUT2D eigenvalue weighted by molar-refractivity contribution is 5.93. The Kier molecular flexibility index (Phi) is 4.87. The Balaban J connectivity index is 1.03. The summed E-state index contributed by atoms with van der Waals surface area (Å²) >= 11 is 0. The number of aryl methyl sites for hydroxylation is 1. The van der Waals surface area contributed by atoms with Crippen LogP contribution in [0.15, 0.2) is 54.7 Å². The van der Waals surface area contributed by atoms with Crippen LogP contribution in [0.2, 0.25) is 0 Å². The molecular weight excluding hydrogens is 456 g/mol. The van der Waals surface area contributed by atoms with Gasteiger partial charge in [0.1, 0.15) is 29.2 Å². The largest absolute Gasteiger partial charge is 0.487 e. The number of rotatable bonds is 4. The fourth-order valence-corrected chi connectivity index (χ4v) is 5.81. The van der Waals surface area contributed by atoms with Gasteiger partial charge < -0.3 is 25.4 Å². The van der Waals surface area contributed by atoms with Crippen LogP contribution in [0.1, 0.15) is 53.5 Å². The Bertz CT molecular complexity index is 1390. The maximum Gasteiger partial charge on any atom is 0.315 e. The molecule has 2 aliphatic carbocycles. The maximum absolute atomic E-state index is 12.8. The summed E-state index contributed by atoms with van der Waals surface area (Å²) in [6.45, 7) is 0. The van der Waals surface area contributed by atoms with Gasteiger partial charge in [-0.05, 0) is 61.1 Å². The number of carbonyl (C=O) groups excluding carboxylic acids is 2. The normalized spacial score (nSPS) is 24.7. The molecule has 0 bridgehead atoms. The van der Waals surface area contributed by atoms with Gasteiger partial charge in [0.2, 0.25) is 5.91 Å². The molecule has 182 valence electrons. The SMILES string of the molecule is O=C1CCc2c(Oc3ccc4c(c3)[C@H]3[C@@H](NC(=O)N[C@H]5CCCc6ccccc65)[C@H]3O4)ccnc2N1. The van der Waals surface area contributed by atoms with E-state index in [0.29, 0.717) is 30.2 Å². The lowest BCUT2D eigenvalue weighted by Gasteiger charge is -2.26. The van der Waals surface area contributed by atoms with Crippen LogP contribution in [-0.2, 0) is 17.6 Å². The van der Waals surface area contributed by atoms with Crippen molar-refractivity contribution in [3.63, 3.8) is 0 Å². The molecule has 1 aromatic heterocycles. The molecule has 3 heterocycles. The van der Waals surface area contributed by atoms with Crippen molar-refractivity contribution in [2.45, 2.75) is 56.2 Å². The molecule has 8 nitrogen and oxygen atoms in total. The molecule has 3 amide bonds. The number of anilines is 1. The van der Waals surface area contributed by atoms with Gasteiger partial charge in [-0.25, -0.2) is 9.78 Å². The Labute approximate surface area is 208 Å². The number of aromatic nitrogens is 1. The van der Waals surface area contributed by atoms with E-state index >= 15 is 0 Å². The van der Waals surface area contributed by atoms with Crippen molar-refractivity contribution in [2.75, 3.05) is 5.32 Å². The monoisotopic (exact) mass is 482 g/mol. The number of hydrogen-bond acceptors (Lipinski definition) is 5. The lowest BCUT2D eigenvalue weighted by atomic mass is 9.88. The van der Waals surface area contributed by atoms with E-state index in [0.717, 1.165) is 36.1 Å². The average molecular weight is 483 g/mol. The van der Waals surface area contributed by atoms with Gasteiger partial charge in [0.15, 0.2) is 0 Å². The van der Waals surface area contributed by atoms with Crippen molar-refractivity contribution < 1.29 is 19.1 Å². The third-order valence-corrected chi connectivity index (χ3v) is 7.63. The summed E-state index contributed by atoms with van der Waals surface area (Å²) in [4.78, 5) is 28.8. The molecule has 36 heavy (non-hydrogen) atoms. The van der Waals surface area contributed by atoms with E-state index in [1.807, 2.05) is 30.3 Å². The minimum absolute atomic E-state index is 0.0307. The first-order valence-electron chi connectivity index (χ1n) is 12.5. The van der Waals surface area contributed by atoms with E-state index in [-0.39, 0.29) is 36.0 Å². The first kappa shape index (κ1) is 21.2. The van der Waals surface area contributed by atoms with Crippen molar-refractivity contribution in [1.29, 1.82) is 0 Å². The molecule has 4 aliphatic rings. The number of benzene rings is 2. The van der Waals surface area contributed by atoms with Crippen LogP contribution >= 0.6 is 0 Å². The molecule has 0 spiro atoms. The van der Waals surface area contributed by atoms with Crippen LogP contribution in [-0.4, -0.2) is 29.1 Å². The summed E-state index contributed by atoms with van der Waals surface area (Å²) in [7, 11) is 0. The molecule has 8 heteroatoms. The van der Waals surface area contributed by atoms with Gasteiger partial charge >= 0.3 is 6.03 Å². The molecule has 4 atom stereocenters. The van der Waals surface area contributed by atoms with Gasteiger partial charge in [0.05, 0.1) is 18.0 Å². The van der Waals surface area contributed by atoms with Crippen LogP contribution in [0.4, 0.5) is 10.6 Å². The zero-order valence-electron chi connectivity index (χ0n) is 19.6. The predicted molar refractivity (Wildman–Crippen MR) is 132 cm³/mol. The summed E-state index contributed by atoms with van der Waals surface area (Å²) in [5.41, 5.74) is 4.48. The van der Waals surface area contributed by atoms with Gasteiger partial charge in [0, 0.05) is 23.7 Å². The predicted octanol–water partition coefficient (Wildman–Crippen LogP) is 4.36. The number of amides is 3. The molecule has 1 fully saturated rings. The molecule has 2 aliphatic heterocycles. The molecule has 0 radical (unpaired) electrons. The number of nitrogens with zero attached hydrogens (tertiary/aromatic N) is 1.